The van der Waals surface area contributed by atoms with E-state index in [2.05, 4.69) is 80.9 Å². The number of rotatable bonds is 3. The zero-order valence-electron chi connectivity index (χ0n) is 10.9. The number of anilines is 1. The average molecular weight is 423 g/mol. The molecule has 2 rings (SSSR count). The molecule has 1 saturated heterocycles. The summed E-state index contributed by atoms with van der Waals surface area (Å²) < 4.78 is 2.42. The Bertz CT molecular complexity index is 403. The predicted molar refractivity (Wildman–Crippen MR) is 90.2 cm³/mol. The molecule has 1 aliphatic rings. The second-order valence-corrected chi connectivity index (χ2v) is 7.30. The largest absolute Gasteiger partial charge is 0.381 e. The summed E-state index contributed by atoms with van der Waals surface area (Å²) in [5.41, 5.74) is 1.21. The molecule has 1 heterocycles. The van der Waals surface area contributed by atoms with Crippen LogP contribution < -0.4 is 5.32 Å². The van der Waals surface area contributed by atoms with Crippen molar-refractivity contribution in [3.05, 3.63) is 26.2 Å². The molecule has 2 nitrogen and oxygen atoms in total. The van der Waals surface area contributed by atoms with Crippen LogP contribution in [0.25, 0.3) is 0 Å². The topological polar surface area (TPSA) is 15.3 Å². The molecule has 0 bridgehead atoms. The summed E-state index contributed by atoms with van der Waals surface area (Å²) in [6.07, 6.45) is 2.60. The van der Waals surface area contributed by atoms with Crippen LogP contribution in [0.15, 0.2) is 22.7 Å². The van der Waals surface area contributed by atoms with Gasteiger partial charge in [0.1, 0.15) is 0 Å². The van der Waals surface area contributed by atoms with Crippen LogP contribution in [0.2, 0.25) is 0 Å². The summed E-state index contributed by atoms with van der Waals surface area (Å²) in [4.78, 5) is 2.42. The van der Waals surface area contributed by atoms with Crippen LogP contribution in [0, 0.1) is 9.49 Å². The number of benzene rings is 1. The molecule has 0 amide bonds. The minimum Gasteiger partial charge on any atom is -0.381 e. The van der Waals surface area contributed by atoms with E-state index in [1.54, 1.807) is 0 Å². The Morgan fingerprint density at radius 2 is 2.06 bits per heavy atom. The van der Waals surface area contributed by atoms with Crippen LogP contribution in [0.5, 0.6) is 0 Å². The van der Waals surface area contributed by atoms with Crippen LogP contribution in [-0.2, 0) is 0 Å². The minimum atomic E-state index is 0.537. The molecule has 1 aliphatic heterocycles. The third-order valence-corrected chi connectivity index (χ3v) is 5.11. The van der Waals surface area contributed by atoms with Gasteiger partial charge in [0.25, 0.3) is 0 Å². The van der Waals surface area contributed by atoms with Crippen molar-refractivity contribution in [2.24, 2.45) is 5.92 Å². The van der Waals surface area contributed by atoms with Gasteiger partial charge in [0.15, 0.2) is 0 Å². The molecule has 1 aromatic rings. The van der Waals surface area contributed by atoms with E-state index >= 15 is 0 Å². The maximum Gasteiger partial charge on any atom is 0.0487 e. The molecule has 4 heteroatoms. The van der Waals surface area contributed by atoms with Crippen molar-refractivity contribution < 1.29 is 0 Å². The Hall–Kier alpha value is 0.190. The van der Waals surface area contributed by atoms with Gasteiger partial charge >= 0.3 is 0 Å². The van der Waals surface area contributed by atoms with E-state index in [9.17, 15) is 0 Å². The van der Waals surface area contributed by atoms with Gasteiger partial charge < -0.3 is 10.2 Å². The molecule has 0 spiro atoms. The molecule has 1 N–H and O–H groups in total. The molecule has 1 fully saturated rings. The molecule has 1 unspecified atom stereocenters. The van der Waals surface area contributed by atoms with Gasteiger partial charge in [-0.1, -0.05) is 0 Å². The Balaban J connectivity index is 1.96. The summed E-state index contributed by atoms with van der Waals surface area (Å²) in [6.45, 7) is 4.76. The van der Waals surface area contributed by atoms with E-state index < -0.39 is 0 Å². The molecule has 100 valence electrons. The van der Waals surface area contributed by atoms with Crippen LogP contribution in [0.4, 0.5) is 5.69 Å². The normalized spacial score (nSPS) is 19.8. The smallest absolute Gasteiger partial charge is 0.0487 e. The molecule has 0 aromatic heterocycles. The molecule has 0 radical (unpaired) electrons. The van der Waals surface area contributed by atoms with Crippen molar-refractivity contribution in [3.8, 4) is 0 Å². The highest BCUT2D eigenvalue weighted by atomic mass is 127. The molecule has 0 saturated carbocycles. The second-order valence-electron chi connectivity index (χ2n) is 5.20. The summed E-state index contributed by atoms with van der Waals surface area (Å²) in [5.74, 6) is 0.785. The van der Waals surface area contributed by atoms with Crippen molar-refractivity contribution in [1.82, 2.24) is 4.90 Å². The predicted octanol–water partition coefficient (Wildman–Crippen LogP) is 4.20. The molecule has 0 aliphatic carbocycles. The first kappa shape index (κ1) is 14.6. The molecular formula is C14H20BrIN2. The summed E-state index contributed by atoms with van der Waals surface area (Å²) in [7, 11) is 2.21. The van der Waals surface area contributed by atoms with Gasteiger partial charge in [0.05, 0.1) is 0 Å². The first-order valence-electron chi connectivity index (χ1n) is 6.46. The van der Waals surface area contributed by atoms with Gasteiger partial charge in [-0.05, 0) is 103 Å². The number of nitrogens with zero attached hydrogens (tertiary/aromatic N) is 1. The first-order valence-corrected chi connectivity index (χ1v) is 8.33. The SMILES string of the molecule is CC(Nc1ccc(I)cc1Br)C1CCN(C)CC1. The van der Waals surface area contributed by atoms with Crippen molar-refractivity contribution in [2.45, 2.75) is 25.8 Å². The number of hydrogen-bond donors (Lipinski definition) is 1. The fraction of sp³-hybridized carbons (Fsp3) is 0.571. The fourth-order valence-electron chi connectivity index (χ4n) is 2.50. The standard InChI is InChI=1S/C14H20BrIN2/c1-10(11-5-7-18(2)8-6-11)17-14-4-3-12(16)9-13(14)15/h3-4,9-11,17H,5-8H2,1-2H3. The monoisotopic (exact) mass is 422 g/mol. The van der Waals surface area contributed by atoms with E-state index in [4.69, 9.17) is 0 Å². The molecular weight excluding hydrogens is 403 g/mol. The van der Waals surface area contributed by atoms with E-state index in [0.29, 0.717) is 6.04 Å². The number of halogens is 2. The molecule has 1 atom stereocenters. The van der Waals surface area contributed by atoms with Crippen LogP contribution in [0.3, 0.4) is 0 Å². The zero-order chi connectivity index (χ0) is 13.1. The van der Waals surface area contributed by atoms with Crippen molar-refractivity contribution in [3.63, 3.8) is 0 Å². The maximum absolute atomic E-state index is 3.65. The maximum atomic E-state index is 3.65. The van der Waals surface area contributed by atoms with Gasteiger partial charge in [-0.25, -0.2) is 0 Å². The quantitative estimate of drug-likeness (QED) is 0.734. The fourth-order valence-corrected chi connectivity index (χ4v) is 3.91. The number of nitrogens with one attached hydrogen (secondary N) is 1. The van der Waals surface area contributed by atoms with Crippen molar-refractivity contribution in [2.75, 3.05) is 25.5 Å². The van der Waals surface area contributed by atoms with Gasteiger partial charge in [-0.3, -0.25) is 0 Å². The summed E-state index contributed by atoms with van der Waals surface area (Å²) in [5, 5.41) is 3.65. The summed E-state index contributed by atoms with van der Waals surface area (Å²) >= 11 is 5.97. The van der Waals surface area contributed by atoms with Crippen molar-refractivity contribution >= 4 is 44.2 Å². The van der Waals surface area contributed by atoms with Crippen LogP contribution >= 0.6 is 38.5 Å². The lowest BCUT2D eigenvalue weighted by molar-refractivity contribution is 0.208. The molecule has 1 aromatic carbocycles. The Labute approximate surface area is 132 Å². The van der Waals surface area contributed by atoms with Gasteiger partial charge in [-0.2, -0.15) is 0 Å². The number of piperidine rings is 1. The van der Waals surface area contributed by atoms with Gasteiger partial charge in [0.2, 0.25) is 0 Å². The Kier molecular flexibility index (Phi) is 5.33. The number of likely N-dealkylation sites (tertiary alicyclic amines) is 1. The van der Waals surface area contributed by atoms with E-state index in [-0.39, 0.29) is 0 Å². The third kappa shape index (κ3) is 3.84. The Morgan fingerprint density at radius 1 is 1.39 bits per heavy atom. The van der Waals surface area contributed by atoms with Gasteiger partial charge in [0, 0.05) is 19.8 Å². The van der Waals surface area contributed by atoms with E-state index in [1.165, 1.54) is 35.2 Å². The second kappa shape index (κ2) is 6.57. The first-order chi connectivity index (χ1) is 8.56. The highest BCUT2D eigenvalue weighted by molar-refractivity contribution is 14.1. The van der Waals surface area contributed by atoms with Crippen LogP contribution in [-0.4, -0.2) is 31.1 Å². The zero-order valence-corrected chi connectivity index (χ0v) is 14.7. The lowest BCUT2D eigenvalue weighted by Gasteiger charge is -2.33. The molecule has 18 heavy (non-hydrogen) atoms. The third-order valence-electron chi connectivity index (χ3n) is 3.78. The van der Waals surface area contributed by atoms with Crippen LogP contribution in [0.1, 0.15) is 19.8 Å². The average Bonchev–Trinajstić information content (AvgIpc) is 2.33. The number of hydrogen-bond acceptors (Lipinski definition) is 2. The summed E-state index contributed by atoms with van der Waals surface area (Å²) in [6, 6.07) is 7.01. The highest BCUT2D eigenvalue weighted by Gasteiger charge is 2.22. The Morgan fingerprint density at radius 3 is 2.67 bits per heavy atom. The minimum absolute atomic E-state index is 0.537. The van der Waals surface area contributed by atoms with Gasteiger partial charge in [-0.15, -0.1) is 0 Å². The van der Waals surface area contributed by atoms with Crippen molar-refractivity contribution in [1.29, 1.82) is 0 Å². The highest BCUT2D eigenvalue weighted by Crippen LogP contribution is 2.28. The van der Waals surface area contributed by atoms with E-state index in [0.717, 1.165) is 10.4 Å². The lowest BCUT2D eigenvalue weighted by atomic mass is 9.90. The lowest BCUT2D eigenvalue weighted by Crippen LogP contribution is -2.37. The van der Waals surface area contributed by atoms with E-state index in [1.807, 2.05) is 0 Å².